The normalized spacial score (nSPS) is 14.0. The summed E-state index contributed by atoms with van der Waals surface area (Å²) >= 11 is 0. The zero-order chi connectivity index (χ0) is 21.8. The van der Waals surface area contributed by atoms with Crippen molar-refractivity contribution in [2.45, 2.75) is 58.6 Å². The van der Waals surface area contributed by atoms with Crippen LogP contribution in [0.2, 0.25) is 0 Å². The topological polar surface area (TPSA) is 68.5 Å². The van der Waals surface area contributed by atoms with Crippen molar-refractivity contribution in [3.05, 3.63) is 65.0 Å². The highest BCUT2D eigenvalue weighted by Crippen LogP contribution is 2.26. The molecule has 0 aliphatic heterocycles. The number of nitrogens with zero attached hydrogens (tertiary/aromatic N) is 3. The number of rotatable bonds is 7. The van der Waals surface area contributed by atoms with E-state index in [1.54, 1.807) is 11.9 Å². The number of ether oxygens (including phenoxy) is 1. The fourth-order valence-electron chi connectivity index (χ4n) is 4.03. The number of aromatic nitrogens is 2. The van der Waals surface area contributed by atoms with E-state index in [-0.39, 0.29) is 12.5 Å². The highest BCUT2D eigenvalue weighted by Gasteiger charge is 2.24. The summed E-state index contributed by atoms with van der Waals surface area (Å²) in [6, 6.07) is 14.1. The third-order valence-corrected chi connectivity index (χ3v) is 5.85. The molecule has 3 aromatic rings. The number of benzene rings is 2. The van der Waals surface area contributed by atoms with Gasteiger partial charge < -0.3 is 14.2 Å². The van der Waals surface area contributed by atoms with Crippen molar-refractivity contribution in [1.29, 1.82) is 0 Å². The van der Waals surface area contributed by atoms with Gasteiger partial charge in [0.2, 0.25) is 11.7 Å². The quantitative estimate of drug-likeness (QED) is 0.553. The Morgan fingerprint density at radius 3 is 2.71 bits per heavy atom. The van der Waals surface area contributed by atoms with Crippen LogP contribution in [-0.4, -0.2) is 34.1 Å². The fourth-order valence-corrected chi connectivity index (χ4v) is 4.03. The number of carbonyl (C=O) groups excluding carboxylic acids is 1. The first-order valence-electron chi connectivity index (χ1n) is 11.0. The van der Waals surface area contributed by atoms with Crippen LogP contribution < -0.4 is 4.74 Å². The van der Waals surface area contributed by atoms with Crippen LogP contribution in [-0.2, 0) is 24.2 Å². The monoisotopic (exact) mass is 419 g/mol. The van der Waals surface area contributed by atoms with Crippen molar-refractivity contribution in [1.82, 2.24) is 15.0 Å². The minimum Gasteiger partial charge on any atom is -0.481 e. The van der Waals surface area contributed by atoms with E-state index >= 15 is 0 Å². The SMILES string of the molecule is CC[C@@H](Oc1ccc2c(c1)CCCC2)C(=O)N(C)Cc1nc(-c2ccccc2C)no1. The van der Waals surface area contributed by atoms with E-state index in [1.807, 2.05) is 44.2 Å². The lowest BCUT2D eigenvalue weighted by atomic mass is 9.92. The average Bonchev–Trinajstić information content (AvgIpc) is 3.25. The number of carbonyl (C=O) groups is 1. The van der Waals surface area contributed by atoms with Crippen LogP contribution in [0, 0.1) is 6.92 Å². The highest BCUT2D eigenvalue weighted by molar-refractivity contribution is 5.81. The summed E-state index contributed by atoms with van der Waals surface area (Å²) in [5.41, 5.74) is 4.74. The van der Waals surface area contributed by atoms with Crippen LogP contribution in [0.15, 0.2) is 47.0 Å². The standard InChI is InChI=1S/C25H29N3O3/c1-4-22(30-20-14-13-18-10-6-7-11-19(18)15-20)25(29)28(3)16-23-26-24(27-31-23)21-12-8-5-9-17(21)2/h5,8-9,12-15,22H,4,6-7,10-11,16H2,1-3H3/t22-/m1/s1. The van der Waals surface area contributed by atoms with Crippen molar-refractivity contribution in [3.8, 4) is 17.1 Å². The number of amides is 1. The van der Waals surface area contributed by atoms with Gasteiger partial charge in [0, 0.05) is 12.6 Å². The van der Waals surface area contributed by atoms with Crippen LogP contribution in [0.5, 0.6) is 5.75 Å². The van der Waals surface area contributed by atoms with E-state index in [1.165, 1.54) is 24.0 Å². The molecule has 4 rings (SSSR count). The van der Waals surface area contributed by atoms with E-state index < -0.39 is 6.10 Å². The van der Waals surface area contributed by atoms with Crippen molar-refractivity contribution in [2.75, 3.05) is 7.05 Å². The summed E-state index contributed by atoms with van der Waals surface area (Å²) in [6.45, 7) is 4.20. The van der Waals surface area contributed by atoms with Gasteiger partial charge in [0.1, 0.15) is 5.75 Å². The van der Waals surface area contributed by atoms with Crippen molar-refractivity contribution < 1.29 is 14.1 Å². The summed E-state index contributed by atoms with van der Waals surface area (Å²) in [4.78, 5) is 19.1. The lowest BCUT2D eigenvalue weighted by Gasteiger charge is -2.24. The molecule has 31 heavy (non-hydrogen) atoms. The summed E-state index contributed by atoms with van der Waals surface area (Å²) in [6.07, 6.45) is 4.70. The van der Waals surface area contributed by atoms with Crippen LogP contribution in [0.3, 0.4) is 0 Å². The number of hydrogen-bond donors (Lipinski definition) is 0. The lowest BCUT2D eigenvalue weighted by molar-refractivity contribution is -0.138. The third-order valence-electron chi connectivity index (χ3n) is 5.85. The number of hydrogen-bond acceptors (Lipinski definition) is 5. The van der Waals surface area contributed by atoms with E-state index in [4.69, 9.17) is 9.26 Å². The van der Waals surface area contributed by atoms with Gasteiger partial charge in [0.05, 0.1) is 6.54 Å². The molecule has 6 nitrogen and oxygen atoms in total. The molecule has 0 fully saturated rings. The van der Waals surface area contributed by atoms with Gasteiger partial charge in [-0.1, -0.05) is 42.4 Å². The van der Waals surface area contributed by atoms with Crippen molar-refractivity contribution >= 4 is 5.91 Å². The Morgan fingerprint density at radius 1 is 1.16 bits per heavy atom. The second kappa shape index (κ2) is 9.33. The minimum atomic E-state index is -0.551. The Labute approximate surface area is 183 Å². The Balaban J connectivity index is 1.41. The molecule has 1 aliphatic rings. The Bertz CT molecular complexity index is 1060. The Morgan fingerprint density at radius 2 is 1.94 bits per heavy atom. The maximum atomic E-state index is 13.0. The molecule has 2 aromatic carbocycles. The number of aryl methyl sites for hydroxylation is 3. The zero-order valence-corrected chi connectivity index (χ0v) is 18.4. The molecule has 0 radical (unpaired) electrons. The van der Waals surface area contributed by atoms with Gasteiger partial charge in [-0.05, 0) is 67.9 Å². The van der Waals surface area contributed by atoms with Gasteiger partial charge in [-0.15, -0.1) is 0 Å². The Hall–Kier alpha value is -3.15. The number of fused-ring (bicyclic) bond motifs is 1. The first-order valence-corrected chi connectivity index (χ1v) is 11.0. The molecule has 6 heteroatoms. The van der Waals surface area contributed by atoms with Crippen LogP contribution in [0.1, 0.15) is 48.8 Å². The van der Waals surface area contributed by atoms with Crippen molar-refractivity contribution in [2.24, 2.45) is 0 Å². The largest absolute Gasteiger partial charge is 0.481 e. The van der Waals surface area contributed by atoms with E-state index in [0.29, 0.717) is 18.1 Å². The predicted octanol–water partition coefficient (Wildman–Crippen LogP) is 4.74. The first-order chi connectivity index (χ1) is 15.0. The summed E-state index contributed by atoms with van der Waals surface area (Å²) in [5, 5.41) is 4.08. The fraction of sp³-hybridized carbons (Fsp3) is 0.400. The molecule has 0 unspecified atom stereocenters. The van der Waals surface area contributed by atoms with E-state index in [9.17, 15) is 4.79 Å². The molecule has 0 saturated carbocycles. The summed E-state index contributed by atoms with van der Waals surface area (Å²) < 4.78 is 11.5. The maximum absolute atomic E-state index is 13.0. The number of likely N-dealkylation sites (N-methyl/N-ethyl adjacent to an activating group) is 1. The molecule has 1 atom stereocenters. The molecule has 0 saturated heterocycles. The van der Waals surface area contributed by atoms with Crippen LogP contribution in [0.4, 0.5) is 0 Å². The van der Waals surface area contributed by atoms with Gasteiger partial charge in [-0.2, -0.15) is 4.98 Å². The molecule has 162 valence electrons. The minimum absolute atomic E-state index is 0.101. The molecule has 1 amide bonds. The first kappa shape index (κ1) is 21.1. The van der Waals surface area contributed by atoms with E-state index in [0.717, 1.165) is 29.7 Å². The van der Waals surface area contributed by atoms with Gasteiger partial charge in [0.25, 0.3) is 5.91 Å². The average molecular weight is 420 g/mol. The maximum Gasteiger partial charge on any atom is 0.263 e. The molecule has 1 aromatic heterocycles. The van der Waals surface area contributed by atoms with E-state index in [2.05, 4.69) is 22.3 Å². The molecular formula is C25H29N3O3. The third kappa shape index (κ3) is 4.79. The molecule has 1 heterocycles. The van der Waals surface area contributed by atoms with Gasteiger partial charge >= 0.3 is 0 Å². The zero-order valence-electron chi connectivity index (χ0n) is 18.4. The molecule has 0 N–H and O–H groups in total. The molecule has 1 aliphatic carbocycles. The summed E-state index contributed by atoms with van der Waals surface area (Å²) in [5.74, 6) is 1.59. The second-order valence-corrected chi connectivity index (χ2v) is 8.17. The van der Waals surface area contributed by atoms with Crippen LogP contribution >= 0.6 is 0 Å². The molecular weight excluding hydrogens is 390 g/mol. The lowest BCUT2D eigenvalue weighted by Crippen LogP contribution is -2.39. The molecule has 0 bridgehead atoms. The Kier molecular flexibility index (Phi) is 6.35. The van der Waals surface area contributed by atoms with Gasteiger partial charge in [0.15, 0.2) is 6.10 Å². The van der Waals surface area contributed by atoms with Crippen LogP contribution in [0.25, 0.3) is 11.4 Å². The highest BCUT2D eigenvalue weighted by atomic mass is 16.5. The molecule has 0 spiro atoms. The second-order valence-electron chi connectivity index (χ2n) is 8.17. The van der Waals surface area contributed by atoms with Gasteiger partial charge in [-0.3, -0.25) is 4.79 Å². The smallest absolute Gasteiger partial charge is 0.263 e. The van der Waals surface area contributed by atoms with Crippen molar-refractivity contribution in [3.63, 3.8) is 0 Å². The van der Waals surface area contributed by atoms with Gasteiger partial charge in [-0.25, -0.2) is 0 Å². The predicted molar refractivity (Wildman–Crippen MR) is 119 cm³/mol. The summed E-state index contributed by atoms with van der Waals surface area (Å²) in [7, 11) is 1.73.